The molecule has 0 radical (unpaired) electrons. The fourth-order valence-corrected chi connectivity index (χ4v) is 2.77. The Morgan fingerprint density at radius 3 is 2.00 bits per heavy atom. The van der Waals surface area contributed by atoms with Gasteiger partial charge in [0.15, 0.2) is 3.79 Å². The quantitative estimate of drug-likeness (QED) is 0.553. The van der Waals surface area contributed by atoms with Gasteiger partial charge in [-0.15, -0.1) is 0 Å². The Kier molecular flexibility index (Phi) is 3.58. The first-order valence-corrected chi connectivity index (χ1v) is 6.37. The molecular weight excluding hydrogens is 313 g/mol. The van der Waals surface area contributed by atoms with Crippen molar-refractivity contribution in [2.75, 3.05) is 6.61 Å². The van der Waals surface area contributed by atoms with E-state index in [0.717, 1.165) is 5.56 Å². The largest absolute Gasteiger partial charge is 0.364 e. The number of epoxide rings is 1. The molecule has 88 valence electrons. The molecule has 1 aromatic carbocycles. The van der Waals surface area contributed by atoms with Crippen LogP contribution in [0.3, 0.4) is 0 Å². The maximum absolute atomic E-state index is 5.92. The minimum absolute atomic E-state index is 0.279. The zero-order chi connectivity index (χ0) is 12.0. The highest BCUT2D eigenvalue weighted by atomic mass is 35.6. The number of halogens is 5. The first-order chi connectivity index (χ1) is 7.31. The summed E-state index contributed by atoms with van der Waals surface area (Å²) in [4.78, 5) is 0. The molecule has 1 heterocycles. The van der Waals surface area contributed by atoms with E-state index in [-0.39, 0.29) is 6.42 Å². The van der Waals surface area contributed by atoms with E-state index in [0.29, 0.717) is 16.7 Å². The average Bonchev–Trinajstić information content (AvgIpc) is 2.80. The molecule has 1 saturated heterocycles. The molecule has 0 aromatic heterocycles. The van der Waals surface area contributed by atoms with Gasteiger partial charge in [0.05, 0.1) is 6.61 Å². The Labute approximate surface area is 119 Å². The molecule has 2 rings (SSSR count). The minimum Gasteiger partial charge on any atom is -0.364 e. The van der Waals surface area contributed by atoms with Crippen LogP contribution in [0, 0.1) is 0 Å². The van der Waals surface area contributed by atoms with Gasteiger partial charge in [-0.25, -0.2) is 0 Å². The smallest absolute Gasteiger partial charge is 0.193 e. The summed E-state index contributed by atoms with van der Waals surface area (Å²) >= 11 is 29.1. The summed E-state index contributed by atoms with van der Waals surface area (Å²) in [5.41, 5.74) is 0.288. The fraction of sp³-hybridized carbons (Fsp3) is 0.400. The lowest BCUT2D eigenvalue weighted by Gasteiger charge is -2.18. The fourth-order valence-electron chi connectivity index (χ4n) is 1.60. The van der Waals surface area contributed by atoms with Crippen molar-refractivity contribution in [3.8, 4) is 0 Å². The Bertz CT molecular complexity index is 388. The van der Waals surface area contributed by atoms with Gasteiger partial charge in [-0.05, 0) is 23.8 Å². The van der Waals surface area contributed by atoms with Gasteiger partial charge in [-0.3, -0.25) is 0 Å². The zero-order valence-corrected chi connectivity index (χ0v) is 11.7. The molecule has 0 saturated carbocycles. The highest BCUT2D eigenvalue weighted by molar-refractivity contribution is 6.67. The number of hydrogen-bond donors (Lipinski definition) is 0. The van der Waals surface area contributed by atoms with Crippen LogP contribution >= 0.6 is 58.0 Å². The zero-order valence-electron chi connectivity index (χ0n) is 7.94. The van der Waals surface area contributed by atoms with Gasteiger partial charge in [0.25, 0.3) is 0 Å². The molecule has 1 nitrogen and oxygen atoms in total. The molecular formula is C10H7Cl5O. The standard InChI is InChI=1S/C10H7Cl5O/c11-7-1-6(2-8(12)3-7)9(5-16-9)4-10(13,14)15/h1-3H,4-5H2/t9-/m0/s1. The molecule has 1 aromatic rings. The molecule has 0 bridgehead atoms. The van der Waals surface area contributed by atoms with Crippen molar-refractivity contribution in [1.82, 2.24) is 0 Å². The third kappa shape index (κ3) is 3.10. The van der Waals surface area contributed by atoms with E-state index >= 15 is 0 Å². The maximum Gasteiger partial charge on any atom is 0.193 e. The van der Waals surface area contributed by atoms with Gasteiger partial charge < -0.3 is 4.74 Å². The van der Waals surface area contributed by atoms with Crippen molar-refractivity contribution in [1.29, 1.82) is 0 Å². The molecule has 16 heavy (non-hydrogen) atoms. The van der Waals surface area contributed by atoms with Crippen molar-refractivity contribution >= 4 is 58.0 Å². The maximum atomic E-state index is 5.92. The van der Waals surface area contributed by atoms with E-state index in [2.05, 4.69) is 0 Å². The predicted octanol–water partition coefficient (Wildman–Crippen LogP) is 4.98. The summed E-state index contributed by atoms with van der Waals surface area (Å²) < 4.78 is 4.04. The number of hydrogen-bond acceptors (Lipinski definition) is 1. The first-order valence-electron chi connectivity index (χ1n) is 4.48. The van der Waals surface area contributed by atoms with E-state index in [9.17, 15) is 0 Å². The Hall–Kier alpha value is 0.630. The van der Waals surface area contributed by atoms with Crippen LogP contribution in [0.5, 0.6) is 0 Å². The van der Waals surface area contributed by atoms with Gasteiger partial charge in [0.2, 0.25) is 0 Å². The summed E-state index contributed by atoms with van der Waals surface area (Å²) in [5.74, 6) is 0. The number of benzene rings is 1. The molecule has 1 aliphatic rings. The van der Waals surface area contributed by atoms with Gasteiger partial charge >= 0.3 is 0 Å². The Morgan fingerprint density at radius 1 is 1.12 bits per heavy atom. The van der Waals surface area contributed by atoms with Crippen LogP contribution in [0.15, 0.2) is 18.2 Å². The number of ether oxygens (including phenoxy) is 1. The molecule has 1 fully saturated rings. The summed E-state index contributed by atoms with van der Waals surface area (Å²) in [7, 11) is 0. The van der Waals surface area contributed by atoms with E-state index in [1.54, 1.807) is 18.2 Å². The van der Waals surface area contributed by atoms with Crippen molar-refractivity contribution in [2.24, 2.45) is 0 Å². The van der Waals surface area contributed by atoms with E-state index in [1.807, 2.05) is 0 Å². The first kappa shape index (κ1) is 13.1. The second kappa shape index (κ2) is 4.38. The molecule has 0 N–H and O–H groups in total. The number of rotatable bonds is 2. The number of alkyl halides is 3. The Balaban J connectivity index is 2.30. The lowest BCUT2D eigenvalue weighted by molar-refractivity contribution is 0.295. The predicted molar refractivity (Wildman–Crippen MR) is 69.0 cm³/mol. The highest BCUT2D eigenvalue weighted by Crippen LogP contribution is 2.50. The summed E-state index contributed by atoms with van der Waals surface area (Å²) in [6.07, 6.45) is 0.279. The molecule has 0 aliphatic carbocycles. The van der Waals surface area contributed by atoms with E-state index in [1.165, 1.54) is 0 Å². The molecule has 1 aliphatic heterocycles. The molecule has 0 amide bonds. The summed E-state index contributed by atoms with van der Waals surface area (Å²) in [6, 6.07) is 5.20. The van der Waals surface area contributed by atoms with Gasteiger partial charge in [-0.2, -0.15) is 0 Å². The van der Waals surface area contributed by atoms with Crippen molar-refractivity contribution < 1.29 is 4.74 Å². The van der Waals surface area contributed by atoms with Crippen LogP contribution in [0.2, 0.25) is 10.0 Å². The molecule has 6 heteroatoms. The second-order valence-electron chi connectivity index (χ2n) is 3.73. The van der Waals surface area contributed by atoms with Crippen molar-refractivity contribution in [2.45, 2.75) is 15.8 Å². The minimum atomic E-state index is -1.36. The summed E-state index contributed by atoms with van der Waals surface area (Å²) in [5, 5.41) is 1.09. The average molecular weight is 320 g/mol. The summed E-state index contributed by atoms with van der Waals surface area (Å²) in [6.45, 7) is 0.511. The highest BCUT2D eigenvalue weighted by Gasteiger charge is 2.51. The van der Waals surface area contributed by atoms with E-state index < -0.39 is 9.39 Å². The van der Waals surface area contributed by atoms with Crippen LogP contribution in [-0.4, -0.2) is 10.4 Å². The van der Waals surface area contributed by atoms with E-state index in [4.69, 9.17) is 62.7 Å². The lowest BCUT2D eigenvalue weighted by Crippen LogP contribution is -2.18. The Morgan fingerprint density at radius 2 is 1.62 bits per heavy atom. The third-order valence-corrected chi connectivity index (χ3v) is 3.20. The van der Waals surface area contributed by atoms with Crippen LogP contribution < -0.4 is 0 Å². The molecule has 0 unspecified atom stereocenters. The normalized spacial score (nSPS) is 24.6. The third-order valence-electron chi connectivity index (χ3n) is 2.37. The monoisotopic (exact) mass is 318 g/mol. The van der Waals surface area contributed by atoms with Crippen LogP contribution in [0.25, 0.3) is 0 Å². The van der Waals surface area contributed by atoms with Crippen molar-refractivity contribution in [3.63, 3.8) is 0 Å². The molecule has 0 spiro atoms. The van der Waals surface area contributed by atoms with Gasteiger partial charge in [0.1, 0.15) is 5.60 Å². The van der Waals surface area contributed by atoms with Crippen LogP contribution in [0.4, 0.5) is 0 Å². The van der Waals surface area contributed by atoms with Crippen LogP contribution in [-0.2, 0) is 10.3 Å². The van der Waals surface area contributed by atoms with Crippen molar-refractivity contribution in [3.05, 3.63) is 33.8 Å². The molecule has 1 atom stereocenters. The van der Waals surface area contributed by atoms with Crippen LogP contribution in [0.1, 0.15) is 12.0 Å². The van der Waals surface area contributed by atoms with Gasteiger partial charge in [0, 0.05) is 16.5 Å². The lowest BCUT2D eigenvalue weighted by atomic mass is 9.97. The topological polar surface area (TPSA) is 12.5 Å². The van der Waals surface area contributed by atoms with Gasteiger partial charge in [-0.1, -0.05) is 58.0 Å². The SMILES string of the molecule is Clc1cc(Cl)cc([C@]2(CC(Cl)(Cl)Cl)CO2)c1. The second-order valence-corrected chi connectivity index (χ2v) is 7.12.